The molecule has 1 aliphatic rings. The lowest BCUT2D eigenvalue weighted by atomic mass is 10.1. The van der Waals surface area contributed by atoms with E-state index in [0.29, 0.717) is 0 Å². The van der Waals surface area contributed by atoms with Crippen molar-refractivity contribution in [2.75, 3.05) is 36.4 Å². The van der Waals surface area contributed by atoms with E-state index in [0.717, 1.165) is 55.9 Å². The zero-order valence-electron chi connectivity index (χ0n) is 17.5. The van der Waals surface area contributed by atoms with Crippen LogP contribution in [0.5, 0.6) is 0 Å². The van der Waals surface area contributed by atoms with Gasteiger partial charge in [-0.1, -0.05) is 36.4 Å². The zero-order valence-corrected chi connectivity index (χ0v) is 17.5. The van der Waals surface area contributed by atoms with Crippen LogP contribution in [0.3, 0.4) is 0 Å². The maximum Gasteiger partial charge on any atom is 0.227 e. The fraction of sp³-hybridized carbons (Fsp3) is 0.333. The number of hydrogen-bond donors (Lipinski definition) is 1. The van der Waals surface area contributed by atoms with Gasteiger partial charge in [0, 0.05) is 50.2 Å². The van der Waals surface area contributed by atoms with Crippen molar-refractivity contribution in [3.05, 3.63) is 77.0 Å². The van der Waals surface area contributed by atoms with Crippen molar-refractivity contribution in [1.82, 2.24) is 14.9 Å². The van der Waals surface area contributed by atoms with Crippen LogP contribution in [0.2, 0.25) is 0 Å². The van der Waals surface area contributed by atoms with Crippen LogP contribution in [0.15, 0.2) is 54.6 Å². The van der Waals surface area contributed by atoms with Crippen molar-refractivity contribution in [2.45, 2.75) is 27.3 Å². The van der Waals surface area contributed by atoms with E-state index in [1.807, 2.05) is 13.0 Å². The number of piperazine rings is 1. The van der Waals surface area contributed by atoms with Crippen LogP contribution in [0.25, 0.3) is 0 Å². The minimum atomic E-state index is 0.816. The summed E-state index contributed by atoms with van der Waals surface area (Å²) in [6, 6.07) is 19.2. The lowest BCUT2D eigenvalue weighted by molar-refractivity contribution is 0.248. The molecule has 2 heterocycles. The molecule has 2 aromatic carbocycles. The van der Waals surface area contributed by atoms with Gasteiger partial charge >= 0.3 is 0 Å². The third kappa shape index (κ3) is 5.12. The molecule has 5 nitrogen and oxygen atoms in total. The Kier molecular flexibility index (Phi) is 5.76. The Bertz CT molecular complexity index is 942. The molecule has 150 valence electrons. The molecule has 5 heteroatoms. The first-order valence-electron chi connectivity index (χ1n) is 10.3. The van der Waals surface area contributed by atoms with Gasteiger partial charge in [-0.05, 0) is 49.6 Å². The van der Waals surface area contributed by atoms with Gasteiger partial charge in [0.15, 0.2) is 0 Å². The Hall–Kier alpha value is -2.92. The summed E-state index contributed by atoms with van der Waals surface area (Å²) in [6.07, 6.45) is 0. The number of anilines is 3. The van der Waals surface area contributed by atoms with E-state index in [1.54, 1.807) is 0 Å². The van der Waals surface area contributed by atoms with Crippen LogP contribution in [0.4, 0.5) is 17.5 Å². The highest BCUT2D eigenvalue weighted by atomic mass is 15.3. The van der Waals surface area contributed by atoms with Gasteiger partial charge in [0.25, 0.3) is 0 Å². The van der Waals surface area contributed by atoms with E-state index >= 15 is 0 Å². The summed E-state index contributed by atoms with van der Waals surface area (Å²) in [5.74, 6) is 1.67. The number of hydrogen-bond acceptors (Lipinski definition) is 5. The molecule has 0 spiro atoms. The topological polar surface area (TPSA) is 44.3 Å². The molecule has 0 amide bonds. The van der Waals surface area contributed by atoms with E-state index in [4.69, 9.17) is 9.97 Å². The standard InChI is InChI=1S/C24H29N5/c1-18-13-19(2)15-22(14-18)26-23-16-20(3)25-24(27-23)29-11-9-28(10-12-29)17-21-7-5-4-6-8-21/h4-8,13-16H,9-12,17H2,1-3H3,(H,25,26,27). The minimum absolute atomic E-state index is 0.816. The van der Waals surface area contributed by atoms with Crippen LogP contribution in [-0.2, 0) is 6.54 Å². The van der Waals surface area contributed by atoms with Gasteiger partial charge in [0.05, 0.1) is 0 Å². The molecule has 0 aliphatic carbocycles. The Morgan fingerprint density at radius 2 is 1.52 bits per heavy atom. The predicted octanol–water partition coefficient (Wildman–Crippen LogP) is 4.47. The Morgan fingerprint density at radius 1 is 0.828 bits per heavy atom. The molecule has 1 fully saturated rings. The van der Waals surface area contributed by atoms with Gasteiger partial charge in [-0.3, -0.25) is 4.90 Å². The number of benzene rings is 2. The van der Waals surface area contributed by atoms with Gasteiger partial charge in [0.2, 0.25) is 5.95 Å². The number of aryl methyl sites for hydroxylation is 3. The van der Waals surface area contributed by atoms with Gasteiger partial charge in [-0.25, -0.2) is 4.98 Å². The van der Waals surface area contributed by atoms with Crippen molar-refractivity contribution < 1.29 is 0 Å². The lowest BCUT2D eigenvalue weighted by Gasteiger charge is -2.35. The molecule has 1 aromatic heterocycles. The van der Waals surface area contributed by atoms with Crippen molar-refractivity contribution in [1.29, 1.82) is 0 Å². The van der Waals surface area contributed by atoms with Gasteiger partial charge in [0.1, 0.15) is 5.82 Å². The fourth-order valence-corrected chi connectivity index (χ4v) is 3.90. The summed E-state index contributed by atoms with van der Waals surface area (Å²) in [5.41, 5.74) is 5.90. The summed E-state index contributed by atoms with van der Waals surface area (Å²) >= 11 is 0. The quantitative estimate of drug-likeness (QED) is 0.700. The highest BCUT2D eigenvalue weighted by Crippen LogP contribution is 2.21. The van der Waals surface area contributed by atoms with Crippen LogP contribution in [-0.4, -0.2) is 41.0 Å². The van der Waals surface area contributed by atoms with E-state index in [1.165, 1.54) is 16.7 Å². The highest BCUT2D eigenvalue weighted by molar-refractivity contribution is 5.59. The number of rotatable bonds is 5. The third-order valence-corrected chi connectivity index (χ3v) is 5.24. The van der Waals surface area contributed by atoms with E-state index in [9.17, 15) is 0 Å². The van der Waals surface area contributed by atoms with Crippen LogP contribution >= 0.6 is 0 Å². The van der Waals surface area contributed by atoms with Gasteiger partial charge in [-0.15, -0.1) is 0 Å². The first kappa shape index (κ1) is 19.4. The summed E-state index contributed by atoms with van der Waals surface area (Å²) in [4.78, 5) is 14.3. The third-order valence-electron chi connectivity index (χ3n) is 5.24. The van der Waals surface area contributed by atoms with E-state index in [-0.39, 0.29) is 0 Å². The van der Waals surface area contributed by atoms with Crippen molar-refractivity contribution >= 4 is 17.5 Å². The molecule has 0 atom stereocenters. The molecule has 1 saturated heterocycles. The maximum absolute atomic E-state index is 4.81. The molecule has 0 bridgehead atoms. The smallest absolute Gasteiger partial charge is 0.227 e. The second-order valence-corrected chi connectivity index (χ2v) is 7.94. The van der Waals surface area contributed by atoms with E-state index < -0.39 is 0 Å². The lowest BCUT2D eigenvalue weighted by Crippen LogP contribution is -2.46. The number of aromatic nitrogens is 2. The van der Waals surface area contributed by atoms with Crippen molar-refractivity contribution in [3.63, 3.8) is 0 Å². The summed E-state index contributed by atoms with van der Waals surface area (Å²) < 4.78 is 0. The molecule has 0 unspecified atom stereocenters. The SMILES string of the molecule is Cc1cc(C)cc(Nc2cc(C)nc(N3CCN(Cc4ccccc4)CC3)n2)c1. The Balaban J connectivity index is 1.43. The summed E-state index contributed by atoms with van der Waals surface area (Å²) in [6.45, 7) is 11.2. The van der Waals surface area contributed by atoms with Crippen LogP contribution in [0.1, 0.15) is 22.4 Å². The second-order valence-electron chi connectivity index (χ2n) is 7.94. The van der Waals surface area contributed by atoms with Crippen molar-refractivity contribution in [3.8, 4) is 0 Å². The predicted molar refractivity (Wildman–Crippen MR) is 120 cm³/mol. The second kappa shape index (κ2) is 8.62. The zero-order chi connectivity index (χ0) is 20.2. The average molecular weight is 388 g/mol. The molecular weight excluding hydrogens is 358 g/mol. The van der Waals surface area contributed by atoms with Crippen molar-refractivity contribution in [2.24, 2.45) is 0 Å². The molecule has 3 aromatic rings. The number of nitrogens with zero attached hydrogens (tertiary/aromatic N) is 4. The van der Waals surface area contributed by atoms with Crippen LogP contribution < -0.4 is 10.2 Å². The maximum atomic E-state index is 4.81. The first-order valence-corrected chi connectivity index (χ1v) is 10.3. The number of nitrogens with one attached hydrogen (secondary N) is 1. The van der Waals surface area contributed by atoms with Crippen LogP contribution in [0, 0.1) is 20.8 Å². The largest absolute Gasteiger partial charge is 0.340 e. The molecular formula is C24H29N5. The molecule has 1 aliphatic heterocycles. The van der Waals surface area contributed by atoms with Gasteiger partial charge in [-0.2, -0.15) is 4.98 Å². The molecule has 29 heavy (non-hydrogen) atoms. The Labute approximate surface area is 173 Å². The molecule has 0 radical (unpaired) electrons. The molecule has 4 rings (SSSR count). The summed E-state index contributed by atoms with van der Waals surface area (Å²) in [7, 11) is 0. The normalized spacial score (nSPS) is 14.8. The highest BCUT2D eigenvalue weighted by Gasteiger charge is 2.20. The minimum Gasteiger partial charge on any atom is -0.340 e. The molecule has 0 saturated carbocycles. The monoisotopic (exact) mass is 387 g/mol. The first-order chi connectivity index (χ1) is 14.0. The Morgan fingerprint density at radius 3 is 2.21 bits per heavy atom. The molecule has 1 N–H and O–H groups in total. The van der Waals surface area contributed by atoms with E-state index in [2.05, 4.69) is 77.5 Å². The summed E-state index contributed by atoms with van der Waals surface area (Å²) in [5, 5.41) is 3.46. The van der Waals surface area contributed by atoms with Gasteiger partial charge < -0.3 is 10.2 Å². The fourth-order valence-electron chi connectivity index (χ4n) is 3.90. The average Bonchev–Trinajstić information content (AvgIpc) is 2.68.